The van der Waals surface area contributed by atoms with Gasteiger partial charge in [0.25, 0.3) is 0 Å². The van der Waals surface area contributed by atoms with Gasteiger partial charge in [-0.1, -0.05) is 31.1 Å². The average Bonchev–Trinajstić information content (AvgIpc) is 2.48. The summed E-state index contributed by atoms with van der Waals surface area (Å²) in [6.07, 6.45) is 4.59. The highest BCUT2D eigenvalue weighted by Gasteiger charge is 2.27. The molecule has 0 aliphatic heterocycles. The molecule has 1 aromatic rings. The summed E-state index contributed by atoms with van der Waals surface area (Å²) in [5.41, 5.74) is 2.21. The molecular formula is C16H21NO3S. The molecule has 0 spiro atoms. The summed E-state index contributed by atoms with van der Waals surface area (Å²) in [6, 6.07) is 5.31. The SMILES string of the molecule is Cc1cc(C#CCO)ccc1NS(=O)(=O)C1CCCCC1. The fraction of sp³-hybridized carbons (Fsp3) is 0.500. The molecule has 2 N–H and O–H groups in total. The third-order valence-corrected chi connectivity index (χ3v) is 5.63. The molecule has 21 heavy (non-hydrogen) atoms. The molecule has 0 atom stereocenters. The Labute approximate surface area is 126 Å². The first-order valence-corrected chi connectivity index (χ1v) is 8.79. The summed E-state index contributed by atoms with van der Waals surface area (Å²) in [5, 5.41) is 8.41. The fourth-order valence-electron chi connectivity index (χ4n) is 2.61. The molecular weight excluding hydrogens is 286 g/mol. The molecule has 1 saturated carbocycles. The molecule has 2 rings (SSSR count). The number of benzene rings is 1. The van der Waals surface area contributed by atoms with Gasteiger partial charge < -0.3 is 5.11 Å². The highest BCUT2D eigenvalue weighted by atomic mass is 32.2. The minimum absolute atomic E-state index is 0.185. The molecule has 0 saturated heterocycles. The molecule has 1 aliphatic rings. The van der Waals surface area contributed by atoms with Crippen molar-refractivity contribution >= 4 is 15.7 Å². The van der Waals surface area contributed by atoms with E-state index in [2.05, 4.69) is 16.6 Å². The Morgan fingerprint density at radius 3 is 2.62 bits per heavy atom. The van der Waals surface area contributed by atoms with Crippen molar-refractivity contribution in [3.05, 3.63) is 29.3 Å². The lowest BCUT2D eigenvalue weighted by Crippen LogP contribution is -2.29. The predicted octanol–water partition coefficient (Wildman–Crippen LogP) is 2.41. The maximum atomic E-state index is 12.4. The van der Waals surface area contributed by atoms with Gasteiger partial charge in [0.2, 0.25) is 10.0 Å². The van der Waals surface area contributed by atoms with Gasteiger partial charge in [-0.3, -0.25) is 4.72 Å². The van der Waals surface area contributed by atoms with Crippen molar-refractivity contribution < 1.29 is 13.5 Å². The second-order valence-corrected chi connectivity index (χ2v) is 7.36. The third-order valence-electron chi connectivity index (χ3n) is 3.78. The van der Waals surface area contributed by atoms with E-state index < -0.39 is 10.0 Å². The minimum atomic E-state index is -3.31. The smallest absolute Gasteiger partial charge is 0.235 e. The van der Waals surface area contributed by atoms with Gasteiger partial charge in [-0.05, 0) is 43.5 Å². The van der Waals surface area contributed by atoms with Crippen LogP contribution < -0.4 is 4.72 Å². The van der Waals surface area contributed by atoms with Crippen LogP contribution in [0.5, 0.6) is 0 Å². The number of aliphatic hydroxyl groups excluding tert-OH is 1. The van der Waals surface area contributed by atoms with Crippen molar-refractivity contribution in [1.82, 2.24) is 0 Å². The molecule has 0 heterocycles. The summed E-state index contributed by atoms with van der Waals surface area (Å²) in [7, 11) is -3.31. The van der Waals surface area contributed by atoms with Crippen molar-refractivity contribution in [2.75, 3.05) is 11.3 Å². The lowest BCUT2D eigenvalue weighted by Gasteiger charge is -2.23. The number of hydrogen-bond donors (Lipinski definition) is 2. The van der Waals surface area contributed by atoms with Crippen LogP contribution in [0.2, 0.25) is 0 Å². The van der Waals surface area contributed by atoms with Crippen molar-refractivity contribution in [2.45, 2.75) is 44.3 Å². The fourth-order valence-corrected chi connectivity index (χ4v) is 4.27. The van der Waals surface area contributed by atoms with E-state index in [-0.39, 0.29) is 11.9 Å². The van der Waals surface area contributed by atoms with Crippen LogP contribution in [0.3, 0.4) is 0 Å². The Kier molecular flexibility index (Phi) is 5.27. The summed E-state index contributed by atoms with van der Waals surface area (Å²) in [6.45, 7) is 1.66. The summed E-state index contributed by atoms with van der Waals surface area (Å²) >= 11 is 0. The Hall–Kier alpha value is -1.51. The average molecular weight is 307 g/mol. The van der Waals surface area contributed by atoms with Gasteiger partial charge in [0.15, 0.2) is 0 Å². The molecule has 0 radical (unpaired) electrons. The number of hydrogen-bond acceptors (Lipinski definition) is 3. The topological polar surface area (TPSA) is 66.4 Å². The second-order valence-electron chi connectivity index (χ2n) is 5.40. The third kappa shape index (κ3) is 4.23. The van der Waals surface area contributed by atoms with Gasteiger partial charge in [0.05, 0.1) is 10.9 Å². The Balaban J connectivity index is 2.15. The number of rotatable bonds is 3. The molecule has 0 unspecified atom stereocenters. The van der Waals surface area contributed by atoms with Crippen molar-refractivity contribution in [1.29, 1.82) is 0 Å². The lowest BCUT2D eigenvalue weighted by molar-refractivity contribution is 0.350. The zero-order chi connectivity index (χ0) is 15.3. The van der Waals surface area contributed by atoms with Crippen LogP contribution in [0.15, 0.2) is 18.2 Å². The number of nitrogens with one attached hydrogen (secondary N) is 1. The first kappa shape index (κ1) is 15.9. The Morgan fingerprint density at radius 1 is 1.29 bits per heavy atom. The molecule has 0 bridgehead atoms. The minimum Gasteiger partial charge on any atom is -0.384 e. The number of sulfonamides is 1. The van der Waals surface area contributed by atoms with Gasteiger partial charge in [0.1, 0.15) is 6.61 Å². The Bertz CT molecular complexity index is 650. The van der Waals surface area contributed by atoms with E-state index in [9.17, 15) is 8.42 Å². The van der Waals surface area contributed by atoms with Crippen LogP contribution in [0, 0.1) is 18.8 Å². The first-order chi connectivity index (χ1) is 10.0. The Morgan fingerprint density at radius 2 is 2.00 bits per heavy atom. The van der Waals surface area contributed by atoms with Crippen LogP contribution in [-0.2, 0) is 10.0 Å². The standard InChI is InChI=1S/C16H21NO3S/c1-13-12-14(6-5-11-18)9-10-16(13)17-21(19,20)15-7-3-2-4-8-15/h9-10,12,15,17-18H,2-4,7-8,11H2,1H3. The molecule has 0 aromatic heterocycles. The summed E-state index contributed by atoms with van der Waals surface area (Å²) < 4.78 is 27.5. The van der Waals surface area contributed by atoms with Crippen LogP contribution in [0.25, 0.3) is 0 Å². The summed E-state index contributed by atoms with van der Waals surface area (Å²) in [5.74, 6) is 5.39. The van der Waals surface area contributed by atoms with Gasteiger partial charge in [-0.2, -0.15) is 0 Å². The van der Waals surface area contributed by atoms with Crippen molar-refractivity contribution in [2.24, 2.45) is 0 Å². The van der Waals surface area contributed by atoms with E-state index in [0.29, 0.717) is 5.69 Å². The summed E-state index contributed by atoms with van der Waals surface area (Å²) in [4.78, 5) is 0. The normalized spacial score (nSPS) is 16.1. The van der Waals surface area contributed by atoms with E-state index in [1.807, 2.05) is 13.0 Å². The highest BCUT2D eigenvalue weighted by Crippen LogP contribution is 2.26. The first-order valence-electron chi connectivity index (χ1n) is 7.25. The largest absolute Gasteiger partial charge is 0.384 e. The van der Waals surface area contributed by atoms with Crippen LogP contribution in [0.4, 0.5) is 5.69 Å². The van der Waals surface area contributed by atoms with Crippen molar-refractivity contribution in [3.63, 3.8) is 0 Å². The van der Waals surface area contributed by atoms with Gasteiger partial charge in [0, 0.05) is 5.56 Å². The molecule has 1 aliphatic carbocycles. The molecule has 4 nitrogen and oxygen atoms in total. The number of aliphatic hydroxyl groups is 1. The van der Waals surface area contributed by atoms with E-state index >= 15 is 0 Å². The molecule has 5 heteroatoms. The molecule has 1 fully saturated rings. The second kappa shape index (κ2) is 6.97. The number of anilines is 1. The van der Waals surface area contributed by atoms with Crippen LogP contribution in [0.1, 0.15) is 43.2 Å². The lowest BCUT2D eigenvalue weighted by atomic mass is 10.0. The van der Waals surface area contributed by atoms with E-state index in [4.69, 9.17) is 5.11 Å². The number of aryl methyl sites for hydroxylation is 1. The molecule has 0 amide bonds. The highest BCUT2D eigenvalue weighted by molar-refractivity contribution is 7.93. The molecule has 1 aromatic carbocycles. The van der Waals surface area contributed by atoms with Crippen LogP contribution >= 0.6 is 0 Å². The van der Waals surface area contributed by atoms with Gasteiger partial charge in [-0.15, -0.1) is 0 Å². The van der Waals surface area contributed by atoms with E-state index in [1.165, 1.54) is 0 Å². The predicted molar refractivity (Wildman–Crippen MR) is 84.6 cm³/mol. The quantitative estimate of drug-likeness (QED) is 0.843. The zero-order valence-corrected chi connectivity index (χ0v) is 13.0. The maximum Gasteiger partial charge on any atom is 0.235 e. The molecule has 114 valence electrons. The van der Waals surface area contributed by atoms with Gasteiger partial charge >= 0.3 is 0 Å². The van der Waals surface area contributed by atoms with E-state index in [0.717, 1.165) is 43.2 Å². The van der Waals surface area contributed by atoms with Gasteiger partial charge in [-0.25, -0.2) is 8.42 Å². The van der Waals surface area contributed by atoms with Crippen molar-refractivity contribution in [3.8, 4) is 11.8 Å². The van der Waals surface area contributed by atoms with Crippen LogP contribution in [-0.4, -0.2) is 25.4 Å². The maximum absolute atomic E-state index is 12.4. The zero-order valence-electron chi connectivity index (χ0n) is 12.2. The monoisotopic (exact) mass is 307 g/mol. The van der Waals surface area contributed by atoms with E-state index in [1.54, 1.807) is 12.1 Å².